The molecule has 0 saturated heterocycles. The summed E-state index contributed by atoms with van der Waals surface area (Å²) in [6.45, 7) is 3.80. The van der Waals surface area contributed by atoms with Gasteiger partial charge < -0.3 is 19.2 Å². The Balaban J connectivity index is 1.82. The molecule has 33 heavy (non-hydrogen) atoms. The fourth-order valence-electron chi connectivity index (χ4n) is 3.39. The molecule has 0 amide bonds. The third-order valence-corrected chi connectivity index (χ3v) is 5.78. The van der Waals surface area contributed by atoms with Gasteiger partial charge in [-0.15, -0.1) is 0 Å². The van der Waals surface area contributed by atoms with Crippen molar-refractivity contribution in [3.05, 3.63) is 35.7 Å². The largest absolute Gasteiger partial charge is 0.458 e. The number of carbonyl (C=O) groups excluding carboxylic acids is 1. The maximum absolute atomic E-state index is 12.7. The highest BCUT2D eigenvalue weighted by Gasteiger charge is 2.21. The van der Waals surface area contributed by atoms with Crippen molar-refractivity contribution in [1.29, 1.82) is 0 Å². The highest BCUT2D eigenvalue weighted by atomic mass is 32.2. The molecule has 0 aliphatic rings. The highest BCUT2D eigenvalue weighted by molar-refractivity contribution is 7.99. The number of nitrogens with one attached hydrogen (secondary N) is 1. The van der Waals surface area contributed by atoms with Gasteiger partial charge in [0, 0.05) is 29.0 Å². The van der Waals surface area contributed by atoms with E-state index < -0.39 is 5.97 Å². The molecule has 0 radical (unpaired) electrons. The summed E-state index contributed by atoms with van der Waals surface area (Å²) in [6.07, 6.45) is 5.17. The molecule has 1 N–H and O–H groups in total. The van der Waals surface area contributed by atoms with E-state index in [1.807, 2.05) is 30.7 Å². The Morgan fingerprint density at radius 2 is 1.82 bits per heavy atom. The van der Waals surface area contributed by atoms with Crippen LogP contribution in [-0.2, 0) is 16.1 Å². The van der Waals surface area contributed by atoms with Crippen molar-refractivity contribution in [3.63, 3.8) is 0 Å². The number of benzene rings is 1. The van der Waals surface area contributed by atoms with Gasteiger partial charge in [-0.1, -0.05) is 23.5 Å². The second kappa shape index (κ2) is 9.94. The molecule has 0 spiro atoms. The normalized spacial score (nSPS) is 11.5. The molecule has 0 saturated carbocycles. The minimum absolute atomic E-state index is 0.201. The predicted octanol–water partition coefficient (Wildman–Crippen LogP) is 4.85. The first-order valence-electron chi connectivity index (χ1n) is 10.1. The zero-order valence-electron chi connectivity index (χ0n) is 18.8. The Morgan fingerprint density at radius 1 is 1.09 bits per heavy atom. The van der Waals surface area contributed by atoms with Gasteiger partial charge in [0.2, 0.25) is 0 Å². The van der Waals surface area contributed by atoms with Crippen LogP contribution in [0.15, 0.2) is 34.7 Å². The van der Waals surface area contributed by atoms with E-state index in [4.69, 9.17) is 14.2 Å². The van der Waals surface area contributed by atoms with Crippen LogP contribution in [0.1, 0.15) is 29.9 Å². The molecule has 0 bridgehead atoms. The lowest BCUT2D eigenvalue weighted by Crippen LogP contribution is -2.15. The van der Waals surface area contributed by atoms with Gasteiger partial charge in [-0.05, 0) is 44.6 Å². The average Bonchev–Trinajstić information content (AvgIpc) is 3.17. The Hall–Kier alpha value is -2.89. The first-order valence-corrected chi connectivity index (χ1v) is 12.5. The second-order valence-electron chi connectivity index (χ2n) is 7.29. The number of carbonyl (C=O) groups is 1. The van der Waals surface area contributed by atoms with Crippen molar-refractivity contribution in [3.8, 4) is 11.8 Å². The van der Waals surface area contributed by atoms with Crippen LogP contribution in [0.2, 0.25) is 0 Å². The first kappa shape index (κ1) is 23.3. The minimum atomic E-state index is -0.486. The fourth-order valence-corrected chi connectivity index (χ4v) is 4.14. The quantitative estimate of drug-likeness (QED) is 0.274. The lowest BCUT2D eigenvalue weighted by molar-refractivity contribution is 0.0366. The molecule has 4 rings (SSSR count). The van der Waals surface area contributed by atoms with Crippen LogP contribution in [0, 0.1) is 0 Å². The number of fused-ring (bicyclic) bond motifs is 3. The Morgan fingerprint density at radius 3 is 2.45 bits per heavy atom. The number of esters is 1. The molecule has 0 unspecified atom stereocenters. The summed E-state index contributed by atoms with van der Waals surface area (Å²) >= 11 is 2.84. The van der Waals surface area contributed by atoms with Gasteiger partial charge in [0.1, 0.15) is 5.75 Å². The third-order valence-electron chi connectivity index (χ3n) is 4.68. The molecular formula is C22H23N5O4S2. The number of pyridine rings is 1. The summed E-state index contributed by atoms with van der Waals surface area (Å²) in [5.41, 5.74) is 2.54. The zero-order valence-corrected chi connectivity index (χ0v) is 20.5. The standard InChI is InChI=1S/C22H23N5O4S2/c1-11(2)30-19(28)18-14(10-29-3)17-13-8-12(6-7-15(13)24-16(17)9-23-18)31-20-25-21(32-4)27-22(26-20)33-5/h6-9,11,24H,10H2,1-5H3. The molecule has 9 nitrogen and oxygen atoms in total. The van der Waals surface area contributed by atoms with Crippen molar-refractivity contribution >= 4 is 51.3 Å². The van der Waals surface area contributed by atoms with Crippen LogP contribution < -0.4 is 4.74 Å². The van der Waals surface area contributed by atoms with E-state index in [9.17, 15) is 4.79 Å². The van der Waals surface area contributed by atoms with Crippen molar-refractivity contribution in [2.45, 2.75) is 36.9 Å². The van der Waals surface area contributed by atoms with Gasteiger partial charge in [0.25, 0.3) is 0 Å². The molecule has 0 aliphatic heterocycles. The van der Waals surface area contributed by atoms with E-state index in [1.54, 1.807) is 27.2 Å². The number of thioether (sulfide) groups is 2. The fraction of sp³-hybridized carbons (Fsp3) is 0.318. The highest BCUT2D eigenvalue weighted by Crippen LogP contribution is 2.34. The molecule has 11 heteroatoms. The number of ether oxygens (including phenoxy) is 3. The number of aromatic nitrogens is 5. The minimum Gasteiger partial charge on any atom is -0.458 e. The summed E-state index contributed by atoms with van der Waals surface area (Å²) in [5, 5.41) is 2.85. The topological polar surface area (TPSA) is 112 Å². The van der Waals surface area contributed by atoms with Crippen LogP contribution in [0.25, 0.3) is 21.8 Å². The van der Waals surface area contributed by atoms with Crippen molar-refractivity contribution < 1.29 is 19.0 Å². The van der Waals surface area contributed by atoms with Gasteiger partial charge in [0.15, 0.2) is 16.0 Å². The van der Waals surface area contributed by atoms with Crippen LogP contribution in [-0.4, -0.2) is 56.6 Å². The number of hydrogen-bond acceptors (Lipinski definition) is 10. The van der Waals surface area contributed by atoms with Crippen molar-refractivity contribution in [2.24, 2.45) is 0 Å². The Bertz CT molecular complexity index is 1300. The molecule has 3 aromatic heterocycles. The van der Waals surface area contributed by atoms with Crippen LogP contribution in [0.5, 0.6) is 11.8 Å². The molecule has 4 aromatic rings. The van der Waals surface area contributed by atoms with E-state index in [-0.39, 0.29) is 24.4 Å². The van der Waals surface area contributed by atoms with Crippen LogP contribution in [0.3, 0.4) is 0 Å². The first-order chi connectivity index (χ1) is 15.9. The summed E-state index contributed by atoms with van der Waals surface area (Å²) in [7, 11) is 1.58. The van der Waals surface area contributed by atoms with Crippen LogP contribution >= 0.6 is 23.5 Å². The summed E-state index contributed by atoms with van der Waals surface area (Å²) < 4.78 is 16.8. The molecule has 1 aromatic carbocycles. The lowest BCUT2D eigenvalue weighted by Gasteiger charge is -2.12. The predicted molar refractivity (Wildman–Crippen MR) is 128 cm³/mol. The zero-order chi connectivity index (χ0) is 23.5. The van der Waals surface area contributed by atoms with Gasteiger partial charge in [-0.3, -0.25) is 0 Å². The van der Waals surface area contributed by atoms with E-state index in [1.165, 1.54) is 23.5 Å². The van der Waals surface area contributed by atoms with Crippen LogP contribution in [0.4, 0.5) is 0 Å². The van der Waals surface area contributed by atoms with Crippen molar-refractivity contribution in [1.82, 2.24) is 24.9 Å². The number of hydrogen-bond donors (Lipinski definition) is 1. The van der Waals surface area contributed by atoms with Gasteiger partial charge >= 0.3 is 12.0 Å². The number of nitrogens with zero attached hydrogens (tertiary/aromatic N) is 4. The van der Waals surface area contributed by atoms with E-state index >= 15 is 0 Å². The lowest BCUT2D eigenvalue weighted by atomic mass is 10.1. The molecule has 172 valence electrons. The smallest absolute Gasteiger partial charge is 0.357 e. The maximum Gasteiger partial charge on any atom is 0.357 e. The maximum atomic E-state index is 12.7. The van der Waals surface area contributed by atoms with Gasteiger partial charge in [0.05, 0.1) is 24.4 Å². The Kier molecular flexibility index (Phi) is 7.01. The Labute approximate surface area is 199 Å². The number of aromatic amines is 1. The molecule has 0 atom stereocenters. The monoisotopic (exact) mass is 485 g/mol. The van der Waals surface area contributed by atoms with E-state index in [0.717, 1.165) is 21.8 Å². The molecular weight excluding hydrogens is 462 g/mol. The van der Waals surface area contributed by atoms with Crippen molar-refractivity contribution in [2.75, 3.05) is 19.6 Å². The van der Waals surface area contributed by atoms with E-state index in [0.29, 0.717) is 21.6 Å². The van der Waals surface area contributed by atoms with E-state index in [2.05, 4.69) is 24.9 Å². The molecule has 0 fully saturated rings. The SMILES string of the molecule is COCc1c(C(=O)OC(C)C)ncc2[nH]c3ccc(Oc4nc(SC)nc(SC)n4)cc3c12. The van der Waals surface area contributed by atoms with Gasteiger partial charge in [-0.25, -0.2) is 9.78 Å². The number of H-pyrrole nitrogens is 1. The summed E-state index contributed by atoms with van der Waals surface area (Å²) in [6, 6.07) is 5.83. The third kappa shape index (κ3) is 4.90. The number of rotatable bonds is 8. The van der Waals surface area contributed by atoms with Gasteiger partial charge in [-0.2, -0.15) is 15.0 Å². The molecule has 3 heterocycles. The average molecular weight is 486 g/mol. The second-order valence-corrected chi connectivity index (χ2v) is 8.83. The summed E-state index contributed by atoms with van der Waals surface area (Å²) in [5.74, 6) is 0.0697. The molecule has 0 aliphatic carbocycles. The number of methoxy groups -OCH3 is 1. The summed E-state index contributed by atoms with van der Waals surface area (Å²) in [4.78, 5) is 33.4.